The van der Waals surface area contributed by atoms with Crippen LogP contribution in [0.4, 0.5) is 4.79 Å². The third-order valence-corrected chi connectivity index (χ3v) is 4.44. The number of nitrogens with one attached hydrogen (secondary N) is 1. The Balaban J connectivity index is 1.71. The van der Waals surface area contributed by atoms with E-state index in [9.17, 15) is 4.79 Å². The van der Waals surface area contributed by atoms with E-state index >= 15 is 0 Å². The second-order valence-corrected chi connectivity index (χ2v) is 5.95. The van der Waals surface area contributed by atoms with Gasteiger partial charge in [0.15, 0.2) is 0 Å². The average Bonchev–Trinajstić information content (AvgIpc) is 3.19. The number of urea groups is 1. The smallest absolute Gasteiger partial charge is 0.318 e. The van der Waals surface area contributed by atoms with Gasteiger partial charge in [-0.15, -0.1) is 0 Å². The summed E-state index contributed by atoms with van der Waals surface area (Å²) in [7, 11) is 0. The van der Waals surface area contributed by atoms with Gasteiger partial charge in [-0.3, -0.25) is 0 Å². The van der Waals surface area contributed by atoms with Crippen LogP contribution in [0, 0.1) is 6.92 Å². The van der Waals surface area contributed by atoms with E-state index in [1.807, 2.05) is 42.2 Å². The maximum Gasteiger partial charge on any atom is 0.318 e. The van der Waals surface area contributed by atoms with Crippen LogP contribution in [0.1, 0.15) is 48.4 Å². The van der Waals surface area contributed by atoms with Gasteiger partial charge in [-0.2, -0.15) is 0 Å². The van der Waals surface area contributed by atoms with E-state index in [1.165, 1.54) is 0 Å². The first kappa shape index (κ1) is 15.6. The number of aromatic nitrogens is 1. The molecule has 3 rings (SSSR count). The zero-order valence-corrected chi connectivity index (χ0v) is 13.7. The van der Waals surface area contributed by atoms with Crippen molar-refractivity contribution in [2.24, 2.45) is 0 Å². The Morgan fingerprint density at radius 2 is 2.17 bits per heavy atom. The molecule has 1 aliphatic heterocycles. The quantitative estimate of drug-likeness (QED) is 0.938. The van der Waals surface area contributed by atoms with Crippen molar-refractivity contribution in [3.8, 4) is 0 Å². The highest BCUT2D eigenvalue weighted by Crippen LogP contribution is 2.35. The van der Waals surface area contributed by atoms with E-state index in [2.05, 4.69) is 17.4 Å². The standard InChI is InChI=1S/C18H23N3O2/c1-3-16-17(13(2)20-23-16)15-10-7-11-21(15)18(22)19-12-14-8-5-4-6-9-14/h4-6,8-9,15H,3,7,10-12H2,1-2H3,(H,19,22)/t15-/m1/s1. The number of nitrogens with zero attached hydrogens (tertiary/aromatic N) is 2. The number of carbonyl (C=O) groups is 1. The van der Waals surface area contributed by atoms with Crippen molar-refractivity contribution in [3.05, 3.63) is 52.9 Å². The van der Waals surface area contributed by atoms with Gasteiger partial charge in [0.05, 0.1) is 11.7 Å². The van der Waals surface area contributed by atoms with Crippen LogP contribution < -0.4 is 5.32 Å². The molecule has 2 aromatic rings. The molecular formula is C18H23N3O2. The van der Waals surface area contributed by atoms with E-state index in [4.69, 9.17) is 4.52 Å². The van der Waals surface area contributed by atoms with Crippen molar-refractivity contribution >= 4 is 6.03 Å². The lowest BCUT2D eigenvalue weighted by molar-refractivity contribution is 0.192. The number of carbonyl (C=O) groups excluding carboxylic acids is 1. The molecule has 0 unspecified atom stereocenters. The Hall–Kier alpha value is -2.30. The van der Waals surface area contributed by atoms with Gasteiger partial charge in [-0.1, -0.05) is 42.4 Å². The summed E-state index contributed by atoms with van der Waals surface area (Å²) in [5, 5.41) is 7.11. The molecule has 0 radical (unpaired) electrons. The summed E-state index contributed by atoms with van der Waals surface area (Å²) >= 11 is 0. The predicted molar refractivity (Wildman–Crippen MR) is 88.0 cm³/mol. The van der Waals surface area contributed by atoms with Gasteiger partial charge < -0.3 is 14.7 Å². The number of likely N-dealkylation sites (tertiary alicyclic amines) is 1. The molecule has 1 saturated heterocycles. The molecule has 122 valence electrons. The zero-order chi connectivity index (χ0) is 16.2. The second kappa shape index (κ2) is 6.86. The molecule has 23 heavy (non-hydrogen) atoms. The Bertz CT molecular complexity index is 666. The number of amides is 2. The summed E-state index contributed by atoms with van der Waals surface area (Å²) in [6.45, 7) is 5.33. The molecule has 1 aromatic heterocycles. The van der Waals surface area contributed by atoms with Gasteiger partial charge >= 0.3 is 6.03 Å². The molecule has 1 fully saturated rings. The van der Waals surface area contributed by atoms with Crippen molar-refractivity contribution in [1.29, 1.82) is 0 Å². The fraction of sp³-hybridized carbons (Fsp3) is 0.444. The van der Waals surface area contributed by atoms with Crippen molar-refractivity contribution in [2.75, 3.05) is 6.54 Å². The summed E-state index contributed by atoms with van der Waals surface area (Å²) < 4.78 is 5.41. The fourth-order valence-corrected chi connectivity index (χ4v) is 3.29. The molecule has 1 aliphatic rings. The van der Waals surface area contributed by atoms with Crippen LogP contribution in [0.15, 0.2) is 34.9 Å². The van der Waals surface area contributed by atoms with Crippen molar-refractivity contribution in [3.63, 3.8) is 0 Å². The van der Waals surface area contributed by atoms with E-state index in [0.717, 1.165) is 48.4 Å². The van der Waals surface area contributed by atoms with Crippen LogP contribution in [0.25, 0.3) is 0 Å². The summed E-state index contributed by atoms with van der Waals surface area (Å²) in [5.41, 5.74) is 3.10. The number of benzene rings is 1. The van der Waals surface area contributed by atoms with Crippen LogP contribution in [-0.2, 0) is 13.0 Å². The van der Waals surface area contributed by atoms with E-state index in [1.54, 1.807) is 0 Å². The summed E-state index contributed by atoms with van der Waals surface area (Å²) in [5.74, 6) is 0.898. The highest BCUT2D eigenvalue weighted by atomic mass is 16.5. The first-order valence-electron chi connectivity index (χ1n) is 8.24. The lowest BCUT2D eigenvalue weighted by Gasteiger charge is -2.25. The zero-order valence-electron chi connectivity index (χ0n) is 13.7. The number of rotatable bonds is 4. The van der Waals surface area contributed by atoms with Crippen molar-refractivity contribution < 1.29 is 9.32 Å². The SMILES string of the molecule is CCc1onc(C)c1[C@H]1CCCN1C(=O)NCc1ccccc1. The molecule has 1 atom stereocenters. The van der Waals surface area contributed by atoms with E-state index in [0.29, 0.717) is 6.54 Å². The van der Waals surface area contributed by atoms with Gasteiger partial charge in [0.2, 0.25) is 0 Å². The van der Waals surface area contributed by atoms with Gasteiger partial charge in [0, 0.05) is 25.1 Å². The molecule has 2 heterocycles. The number of hydrogen-bond donors (Lipinski definition) is 1. The molecule has 2 amide bonds. The Morgan fingerprint density at radius 3 is 2.91 bits per heavy atom. The number of aryl methyl sites for hydroxylation is 2. The van der Waals surface area contributed by atoms with Gasteiger partial charge in [-0.25, -0.2) is 4.79 Å². The summed E-state index contributed by atoms with van der Waals surface area (Å²) in [6, 6.07) is 10.0. The first-order chi connectivity index (χ1) is 11.2. The maximum atomic E-state index is 12.6. The average molecular weight is 313 g/mol. The van der Waals surface area contributed by atoms with Crippen LogP contribution in [0.3, 0.4) is 0 Å². The minimum Gasteiger partial charge on any atom is -0.361 e. The molecule has 5 nitrogen and oxygen atoms in total. The highest BCUT2D eigenvalue weighted by Gasteiger charge is 2.34. The molecule has 0 spiro atoms. The third-order valence-electron chi connectivity index (χ3n) is 4.44. The van der Waals surface area contributed by atoms with E-state index in [-0.39, 0.29) is 12.1 Å². The molecular weight excluding hydrogens is 290 g/mol. The fourth-order valence-electron chi connectivity index (χ4n) is 3.29. The van der Waals surface area contributed by atoms with Crippen LogP contribution in [0.5, 0.6) is 0 Å². The summed E-state index contributed by atoms with van der Waals surface area (Å²) in [4.78, 5) is 14.5. The Morgan fingerprint density at radius 1 is 1.39 bits per heavy atom. The highest BCUT2D eigenvalue weighted by molar-refractivity contribution is 5.75. The summed E-state index contributed by atoms with van der Waals surface area (Å²) in [6.07, 6.45) is 2.77. The molecule has 1 aromatic carbocycles. The molecule has 0 bridgehead atoms. The molecule has 0 saturated carbocycles. The minimum atomic E-state index is -0.0148. The van der Waals surface area contributed by atoms with Crippen LogP contribution in [0.2, 0.25) is 0 Å². The Labute approximate surface area is 136 Å². The minimum absolute atomic E-state index is 0.0148. The Kier molecular flexibility index (Phi) is 4.65. The van der Waals surface area contributed by atoms with Crippen LogP contribution >= 0.6 is 0 Å². The topological polar surface area (TPSA) is 58.4 Å². The molecule has 0 aliphatic carbocycles. The lowest BCUT2D eigenvalue weighted by Crippen LogP contribution is -2.39. The maximum absolute atomic E-state index is 12.6. The van der Waals surface area contributed by atoms with Crippen LogP contribution in [-0.4, -0.2) is 22.6 Å². The van der Waals surface area contributed by atoms with Gasteiger partial charge in [0.25, 0.3) is 0 Å². The van der Waals surface area contributed by atoms with Gasteiger partial charge in [0.1, 0.15) is 5.76 Å². The predicted octanol–water partition coefficient (Wildman–Crippen LogP) is 3.59. The van der Waals surface area contributed by atoms with Crippen molar-refractivity contribution in [2.45, 2.75) is 45.7 Å². The first-order valence-corrected chi connectivity index (χ1v) is 8.24. The monoisotopic (exact) mass is 313 g/mol. The molecule has 1 N–H and O–H groups in total. The second-order valence-electron chi connectivity index (χ2n) is 5.95. The number of hydrogen-bond acceptors (Lipinski definition) is 3. The molecule has 5 heteroatoms. The third kappa shape index (κ3) is 3.23. The largest absolute Gasteiger partial charge is 0.361 e. The van der Waals surface area contributed by atoms with Crippen molar-refractivity contribution in [1.82, 2.24) is 15.4 Å². The lowest BCUT2D eigenvalue weighted by atomic mass is 10.0. The normalized spacial score (nSPS) is 17.5. The van der Waals surface area contributed by atoms with Gasteiger partial charge in [-0.05, 0) is 25.3 Å². The van der Waals surface area contributed by atoms with E-state index < -0.39 is 0 Å².